The quantitative estimate of drug-likeness (QED) is 0.819. The Balaban J connectivity index is 2.99. The van der Waals surface area contributed by atoms with Gasteiger partial charge in [0, 0.05) is 30.9 Å². The summed E-state index contributed by atoms with van der Waals surface area (Å²) >= 11 is 0. The first-order chi connectivity index (χ1) is 8.11. The van der Waals surface area contributed by atoms with Crippen LogP contribution in [-0.2, 0) is 6.54 Å². The Labute approximate surface area is 104 Å². The summed E-state index contributed by atoms with van der Waals surface area (Å²) in [5, 5.41) is 3.02. The molecule has 2 nitrogen and oxygen atoms in total. The van der Waals surface area contributed by atoms with Gasteiger partial charge in [-0.05, 0) is 32.5 Å². The fourth-order valence-corrected chi connectivity index (χ4v) is 2.08. The van der Waals surface area contributed by atoms with Gasteiger partial charge < -0.3 is 10.2 Å². The van der Waals surface area contributed by atoms with Gasteiger partial charge in [-0.1, -0.05) is 19.4 Å². The van der Waals surface area contributed by atoms with Gasteiger partial charge in [0.2, 0.25) is 0 Å². The van der Waals surface area contributed by atoms with Gasteiger partial charge in [-0.25, -0.2) is 4.39 Å². The minimum Gasteiger partial charge on any atom is -0.372 e. The molecule has 1 rings (SSSR count). The van der Waals surface area contributed by atoms with E-state index in [2.05, 4.69) is 24.1 Å². The highest BCUT2D eigenvalue weighted by Gasteiger charge is 2.15. The molecular weight excluding hydrogens is 215 g/mol. The lowest BCUT2D eigenvalue weighted by Crippen LogP contribution is -2.30. The molecule has 0 amide bonds. The largest absolute Gasteiger partial charge is 0.372 e. The summed E-state index contributed by atoms with van der Waals surface area (Å²) in [6.07, 6.45) is 2.26. The first-order valence-corrected chi connectivity index (χ1v) is 6.26. The van der Waals surface area contributed by atoms with Crippen molar-refractivity contribution in [1.29, 1.82) is 0 Å². The number of hydrogen-bond acceptors (Lipinski definition) is 2. The van der Waals surface area contributed by atoms with Gasteiger partial charge in [-0.2, -0.15) is 0 Å². The van der Waals surface area contributed by atoms with Gasteiger partial charge in [0.1, 0.15) is 5.82 Å². The third-order valence-corrected chi connectivity index (χ3v) is 3.20. The number of nitrogens with one attached hydrogen (secondary N) is 1. The Morgan fingerprint density at radius 3 is 2.71 bits per heavy atom. The van der Waals surface area contributed by atoms with Crippen LogP contribution in [0.3, 0.4) is 0 Å². The maximum absolute atomic E-state index is 13.8. The molecular formula is C14H23FN2. The average Bonchev–Trinajstić information content (AvgIpc) is 2.31. The van der Waals surface area contributed by atoms with Crippen LogP contribution >= 0.6 is 0 Å². The molecule has 0 saturated heterocycles. The van der Waals surface area contributed by atoms with Crippen molar-refractivity contribution >= 4 is 5.69 Å². The molecule has 0 aliphatic heterocycles. The van der Waals surface area contributed by atoms with E-state index in [4.69, 9.17) is 0 Å². The second kappa shape index (κ2) is 6.60. The molecule has 0 radical (unpaired) electrons. The number of rotatable bonds is 6. The van der Waals surface area contributed by atoms with Crippen molar-refractivity contribution in [2.45, 2.75) is 39.3 Å². The third-order valence-electron chi connectivity index (χ3n) is 3.20. The van der Waals surface area contributed by atoms with Gasteiger partial charge in [0.15, 0.2) is 0 Å². The zero-order valence-electron chi connectivity index (χ0n) is 11.3. The van der Waals surface area contributed by atoms with Crippen LogP contribution in [0.5, 0.6) is 0 Å². The number of hydrogen-bond donors (Lipinski definition) is 1. The van der Waals surface area contributed by atoms with Gasteiger partial charge in [-0.3, -0.25) is 0 Å². The molecule has 0 saturated carbocycles. The predicted octanol–water partition coefficient (Wildman–Crippen LogP) is 3.17. The first-order valence-electron chi connectivity index (χ1n) is 6.26. The number of benzene rings is 1. The zero-order chi connectivity index (χ0) is 12.8. The minimum atomic E-state index is -0.132. The Kier molecular flexibility index (Phi) is 5.42. The summed E-state index contributed by atoms with van der Waals surface area (Å²) < 4.78 is 13.8. The molecule has 1 aromatic rings. The lowest BCUT2D eigenvalue weighted by atomic mass is 10.1. The van der Waals surface area contributed by atoms with Crippen LogP contribution in [0.4, 0.5) is 10.1 Å². The molecule has 0 aromatic heterocycles. The van der Waals surface area contributed by atoms with Crippen molar-refractivity contribution < 1.29 is 4.39 Å². The lowest BCUT2D eigenvalue weighted by molar-refractivity contribution is 0.586. The standard InChI is InChI=1S/C14H23FN2/c1-5-7-11(2)17(4)14-9-6-8-13(15)12(14)10-16-3/h6,8-9,11,16H,5,7,10H2,1-4H3. The molecule has 0 spiro atoms. The van der Waals surface area contributed by atoms with Gasteiger partial charge in [0.05, 0.1) is 0 Å². The van der Waals surface area contributed by atoms with Gasteiger partial charge in [-0.15, -0.1) is 0 Å². The van der Waals surface area contributed by atoms with Crippen LogP contribution in [0.2, 0.25) is 0 Å². The Morgan fingerprint density at radius 1 is 1.41 bits per heavy atom. The molecule has 1 unspecified atom stereocenters. The minimum absolute atomic E-state index is 0.132. The van der Waals surface area contributed by atoms with E-state index in [1.165, 1.54) is 6.07 Å². The van der Waals surface area contributed by atoms with Crippen molar-refractivity contribution in [1.82, 2.24) is 5.32 Å². The fourth-order valence-electron chi connectivity index (χ4n) is 2.08. The van der Waals surface area contributed by atoms with E-state index in [1.54, 1.807) is 6.07 Å². The van der Waals surface area contributed by atoms with Crippen LogP contribution in [0.1, 0.15) is 32.3 Å². The van der Waals surface area contributed by atoms with E-state index < -0.39 is 0 Å². The fraction of sp³-hybridized carbons (Fsp3) is 0.571. The lowest BCUT2D eigenvalue weighted by Gasteiger charge is -2.29. The highest BCUT2D eigenvalue weighted by molar-refractivity contribution is 5.54. The van der Waals surface area contributed by atoms with Crippen LogP contribution in [-0.4, -0.2) is 20.1 Å². The Bertz CT molecular complexity index is 352. The molecule has 17 heavy (non-hydrogen) atoms. The second-order valence-corrected chi connectivity index (χ2v) is 4.52. The third kappa shape index (κ3) is 3.43. The van der Waals surface area contributed by atoms with Gasteiger partial charge in [0.25, 0.3) is 0 Å². The van der Waals surface area contributed by atoms with Crippen molar-refractivity contribution in [2.24, 2.45) is 0 Å². The van der Waals surface area contributed by atoms with Crippen LogP contribution in [0.15, 0.2) is 18.2 Å². The smallest absolute Gasteiger partial charge is 0.129 e. The van der Waals surface area contributed by atoms with Crippen molar-refractivity contribution in [3.8, 4) is 0 Å². The predicted molar refractivity (Wildman–Crippen MR) is 71.9 cm³/mol. The Morgan fingerprint density at radius 2 is 2.12 bits per heavy atom. The van der Waals surface area contributed by atoms with Crippen molar-refractivity contribution in [2.75, 3.05) is 19.0 Å². The molecule has 0 heterocycles. The summed E-state index contributed by atoms with van der Waals surface area (Å²) in [7, 11) is 3.87. The molecule has 0 bridgehead atoms. The van der Waals surface area contributed by atoms with Crippen LogP contribution < -0.4 is 10.2 Å². The molecule has 0 aliphatic rings. The van der Waals surface area contributed by atoms with E-state index in [1.807, 2.05) is 20.2 Å². The average molecular weight is 238 g/mol. The molecule has 96 valence electrons. The van der Waals surface area contributed by atoms with Gasteiger partial charge >= 0.3 is 0 Å². The summed E-state index contributed by atoms with van der Waals surface area (Å²) in [5.41, 5.74) is 1.74. The number of anilines is 1. The summed E-state index contributed by atoms with van der Waals surface area (Å²) in [6.45, 7) is 4.91. The monoisotopic (exact) mass is 238 g/mol. The van der Waals surface area contributed by atoms with E-state index in [-0.39, 0.29) is 5.82 Å². The van der Waals surface area contributed by atoms with E-state index in [0.29, 0.717) is 12.6 Å². The van der Waals surface area contributed by atoms with Crippen molar-refractivity contribution in [3.05, 3.63) is 29.6 Å². The maximum Gasteiger partial charge on any atom is 0.129 e. The molecule has 1 N–H and O–H groups in total. The molecule has 3 heteroatoms. The number of nitrogens with zero attached hydrogens (tertiary/aromatic N) is 1. The molecule has 0 aliphatic carbocycles. The van der Waals surface area contributed by atoms with Crippen molar-refractivity contribution in [3.63, 3.8) is 0 Å². The molecule has 0 fully saturated rings. The number of halogens is 1. The topological polar surface area (TPSA) is 15.3 Å². The molecule has 1 atom stereocenters. The second-order valence-electron chi connectivity index (χ2n) is 4.52. The van der Waals surface area contributed by atoms with E-state index in [9.17, 15) is 4.39 Å². The summed E-state index contributed by atoms with van der Waals surface area (Å²) in [4.78, 5) is 2.17. The van der Waals surface area contributed by atoms with Crippen LogP contribution in [0.25, 0.3) is 0 Å². The molecule has 1 aromatic carbocycles. The normalized spacial score (nSPS) is 12.5. The summed E-state index contributed by atoms with van der Waals surface area (Å²) in [6, 6.07) is 5.72. The zero-order valence-corrected chi connectivity index (χ0v) is 11.3. The summed E-state index contributed by atoms with van der Waals surface area (Å²) in [5.74, 6) is -0.132. The SMILES string of the molecule is CCCC(C)N(C)c1cccc(F)c1CNC. The van der Waals surface area contributed by atoms with Crippen LogP contribution in [0, 0.1) is 5.82 Å². The highest BCUT2D eigenvalue weighted by atomic mass is 19.1. The highest BCUT2D eigenvalue weighted by Crippen LogP contribution is 2.24. The van der Waals surface area contributed by atoms with E-state index >= 15 is 0 Å². The Hall–Kier alpha value is -1.09. The van der Waals surface area contributed by atoms with E-state index in [0.717, 1.165) is 24.1 Å². The maximum atomic E-state index is 13.8. The first kappa shape index (κ1) is 14.0.